The molecule has 2 aliphatic carbocycles. The summed E-state index contributed by atoms with van der Waals surface area (Å²) in [4.78, 5) is 5.19. The topological polar surface area (TPSA) is 47.6 Å². The summed E-state index contributed by atoms with van der Waals surface area (Å²) in [5.74, 6) is 1.17. The third kappa shape index (κ3) is 3.24. The highest BCUT2D eigenvalue weighted by molar-refractivity contribution is 9.10. The van der Waals surface area contributed by atoms with Crippen LogP contribution in [0.25, 0.3) is 0 Å². The Morgan fingerprint density at radius 2 is 2.12 bits per heavy atom. The van der Waals surface area contributed by atoms with E-state index in [0.717, 1.165) is 28.9 Å². The highest BCUT2D eigenvalue weighted by atomic mass is 79.9. The number of halogens is 1. The van der Waals surface area contributed by atoms with Gasteiger partial charge in [-0.15, -0.1) is 0 Å². The molecular weight excluding hydrogens is 408 g/mol. The second kappa shape index (κ2) is 6.82. The molecule has 5 heteroatoms. The lowest BCUT2D eigenvalue weighted by Crippen LogP contribution is -2.46. The van der Waals surface area contributed by atoms with Crippen molar-refractivity contribution in [3.8, 4) is 0 Å². The van der Waals surface area contributed by atoms with Gasteiger partial charge in [0.1, 0.15) is 0 Å². The zero-order valence-electron chi connectivity index (χ0n) is 15.9. The summed E-state index contributed by atoms with van der Waals surface area (Å²) in [6.07, 6.45) is 7.44. The summed E-state index contributed by atoms with van der Waals surface area (Å²) in [5, 5.41) is 0.748. The predicted octanol–water partition coefficient (Wildman–Crippen LogP) is 5.25. The molecule has 0 radical (unpaired) electrons. The van der Waals surface area contributed by atoms with Crippen LogP contribution < -0.4 is 5.73 Å². The maximum atomic E-state index is 6.38. The maximum absolute atomic E-state index is 6.38. The number of ether oxygens (including phenoxy) is 1. The first kappa shape index (κ1) is 18.8. The lowest BCUT2D eigenvalue weighted by molar-refractivity contribution is 0.0238. The van der Waals surface area contributed by atoms with Gasteiger partial charge >= 0.3 is 0 Å². The van der Waals surface area contributed by atoms with Crippen LogP contribution in [0.5, 0.6) is 0 Å². The smallest absolute Gasteiger partial charge is 0.155 e. The molecule has 4 atom stereocenters. The van der Waals surface area contributed by atoms with E-state index in [1.807, 2.05) is 7.11 Å². The number of benzene rings is 1. The summed E-state index contributed by atoms with van der Waals surface area (Å²) in [6, 6.07) is 6.76. The largest absolute Gasteiger partial charge is 0.381 e. The number of amidine groups is 1. The van der Waals surface area contributed by atoms with Crippen LogP contribution in [0.1, 0.15) is 57.1 Å². The van der Waals surface area contributed by atoms with E-state index in [-0.39, 0.29) is 10.3 Å². The number of hydrogen-bond donors (Lipinski definition) is 1. The van der Waals surface area contributed by atoms with Gasteiger partial charge in [-0.2, -0.15) is 0 Å². The van der Waals surface area contributed by atoms with E-state index in [2.05, 4.69) is 48.0 Å². The van der Waals surface area contributed by atoms with Crippen molar-refractivity contribution in [1.29, 1.82) is 0 Å². The predicted molar refractivity (Wildman–Crippen MR) is 114 cm³/mol. The third-order valence-corrected chi connectivity index (χ3v) is 8.04. The molecule has 4 unspecified atom stereocenters. The molecule has 3 nitrogen and oxygen atoms in total. The van der Waals surface area contributed by atoms with E-state index in [0.29, 0.717) is 17.9 Å². The Hall–Kier alpha value is -0.520. The first-order valence-electron chi connectivity index (χ1n) is 9.69. The number of thioether (sulfide) groups is 1. The second-order valence-corrected chi connectivity index (χ2v) is 11.5. The molecule has 1 aromatic carbocycles. The fourth-order valence-electron chi connectivity index (χ4n) is 5.65. The fourth-order valence-corrected chi connectivity index (χ4v) is 7.08. The summed E-state index contributed by atoms with van der Waals surface area (Å²) in [5.41, 5.74) is 9.05. The number of rotatable bonds is 2. The van der Waals surface area contributed by atoms with Gasteiger partial charge in [0, 0.05) is 16.3 Å². The van der Waals surface area contributed by atoms with Crippen molar-refractivity contribution in [1.82, 2.24) is 0 Å². The van der Waals surface area contributed by atoms with Crippen LogP contribution in [0.15, 0.2) is 27.7 Å². The zero-order valence-corrected chi connectivity index (χ0v) is 18.3. The van der Waals surface area contributed by atoms with Gasteiger partial charge in [-0.05, 0) is 67.2 Å². The van der Waals surface area contributed by atoms with Crippen LogP contribution in [0, 0.1) is 11.8 Å². The lowest BCUT2D eigenvalue weighted by Gasteiger charge is -2.46. The molecule has 142 valence electrons. The van der Waals surface area contributed by atoms with Crippen LogP contribution in [0.2, 0.25) is 0 Å². The average molecular weight is 437 g/mol. The van der Waals surface area contributed by atoms with Crippen LogP contribution in [0.3, 0.4) is 0 Å². The molecule has 0 bridgehead atoms. The molecule has 2 N–H and O–H groups in total. The van der Waals surface area contributed by atoms with E-state index in [9.17, 15) is 0 Å². The molecule has 1 aliphatic heterocycles. The number of nitrogens with two attached hydrogens (primary N) is 1. The van der Waals surface area contributed by atoms with Gasteiger partial charge in [0.15, 0.2) is 5.17 Å². The second-order valence-electron chi connectivity index (χ2n) is 8.81. The minimum atomic E-state index is -0.182. The highest BCUT2D eigenvalue weighted by Crippen LogP contribution is 2.58. The number of hydrogen-bond acceptors (Lipinski definition) is 4. The summed E-state index contributed by atoms with van der Waals surface area (Å²) >= 11 is 5.42. The SMILES string of the molecule is COC1CCCC(C2Cc3ccc(Br)cc3C23CC(C)(C)SC(N)=N3)C1. The highest BCUT2D eigenvalue weighted by Gasteiger charge is 2.54. The van der Waals surface area contributed by atoms with Crippen molar-refractivity contribution >= 4 is 32.9 Å². The Bertz CT molecular complexity index is 735. The number of methoxy groups -OCH3 is 1. The standard InChI is InChI=1S/C21H29BrN2OS/c1-20(2)12-21(24-19(23)26-20)17(13-5-4-6-16(9-13)25-3)10-14-7-8-15(22)11-18(14)21/h7-8,11,13,16-17H,4-6,9-10,12H2,1-3H3,(H2,23,24). The van der Waals surface area contributed by atoms with Crippen LogP contribution in [0.4, 0.5) is 0 Å². The molecule has 1 aromatic rings. The zero-order chi connectivity index (χ0) is 18.5. The molecule has 1 saturated carbocycles. The van der Waals surface area contributed by atoms with Gasteiger partial charge < -0.3 is 10.5 Å². The molecule has 1 heterocycles. The molecule has 3 aliphatic rings. The Morgan fingerprint density at radius 1 is 1.31 bits per heavy atom. The molecule has 0 amide bonds. The van der Waals surface area contributed by atoms with Gasteiger partial charge in [-0.3, -0.25) is 4.99 Å². The summed E-state index contributed by atoms with van der Waals surface area (Å²) < 4.78 is 6.98. The summed E-state index contributed by atoms with van der Waals surface area (Å²) in [7, 11) is 1.86. The minimum Gasteiger partial charge on any atom is -0.381 e. The Labute approximate surface area is 169 Å². The maximum Gasteiger partial charge on any atom is 0.155 e. The van der Waals surface area contributed by atoms with Crippen molar-refractivity contribution in [3.63, 3.8) is 0 Å². The van der Waals surface area contributed by atoms with E-state index in [4.69, 9.17) is 15.5 Å². The molecular formula is C21H29BrN2OS. The van der Waals surface area contributed by atoms with Gasteiger partial charge in [0.25, 0.3) is 0 Å². The van der Waals surface area contributed by atoms with E-state index >= 15 is 0 Å². The first-order valence-corrected chi connectivity index (χ1v) is 11.3. The average Bonchev–Trinajstić information content (AvgIpc) is 2.86. The van der Waals surface area contributed by atoms with Gasteiger partial charge in [-0.1, -0.05) is 54.0 Å². The molecule has 4 rings (SSSR count). The number of nitrogens with zero attached hydrogens (tertiary/aromatic N) is 1. The Balaban J connectivity index is 1.80. The minimum absolute atomic E-state index is 0.101. The van der Waals surface area contributed by atoms with E-state index < -0.39 is 0 Å². The van der Waals surface area contributed by atoms with Crippen molar-refractivity contribution in [2.24, 2.45) is 22.6 Å². The van der Waals surface area contributed by atoms with Crippen molar-refractivity contribution < 1.29 is 4.74 Å². The van der Waals surface area contributed by atoms with Crippen molar-refractivity contribution in [2.75, 3.05) is 7.11 Å². The van der Waals surface area contributed by atoms with Gasteiger partial charge in [0.2, 0.25) is 0 Å². The first-order chi connectivity index (χ1) is 12.3. The van der Waals surface area contributed by atoms with Crippen molar-refractivity contribution in [2.45, 2.75) is 68.8 Å². The van der Waals surface area contributed by atoms with Gasteiger partial charge in [-0.25, -0.2) is 0 Å². The number of aliphatic imine (C=N–C) groups is 1. The van der Waals surface area contributed by atoms with Crippen molar-refractivity contribution in [3.05, 3.63) is 33.8 Å². The normalized spacial score (nSPS) is 36.0. The molecule has 26 heavy (non-hydrogen) atoms. The Morgan fingerprint density at radius 3 is 2.85 bits per heavy atom. The molecule has 1 spiro atoms. The van der Waals surface area contributed by atoms with Crippen LogP contribution in [-0.2, 0) is 16.7 Å². The van der Waals surface area contributed by atoms with Gasteiger partial charge in [0.05, 0.1) is 11.6 Å². The van der Waals surface area contributed by atoms with Crippen LogP contribution in [-0.4, -0.2) is 23.1 Å². The Kier molecular flexibility index (Phi) is 4.94. The quantitative estimate of drug-likeness (QED) is 0.687. The lowest BCUT2D eigenvalue weighted by atomic mass is 9.67. The van der Waals surface area contributed by atoms with E-state index in [1.165, 1.54) is 30.4 Å². The van der Waals surface area contributed by atoms with Crippen LogP contribution >= 0.6 is 27.7 Å². The monoisotopic (exact) mass is 436 g/mol. The molecule has 0 aromatic heterocycles. The molecule has 0 saturated heterocycles. The number of fused-ring (bicyclic) bond motifs is 2. The molecule has 1 fully saturated rings. The third-order valence-electron chi connectivity index (χ3n) is 6.55. The van der Waals surface area contributed by atoms with E-state index in [1.54, 1.807) is 11.8 Å². The fraction of sp³-hybridized carbons (Fsp3) is 0.667. The summed E-state index contributed by atoms with van der Waals surface area (Å²) in [6.45, 7) is 4.62.